The zero-order chi connectivity index (χ0) is 21.5. The van der Waals surface area contributed by atoms with E-state index in [1.165, 1.54) is 10.8 Å². The van der Waals surface area contributed by atoms with Gasteiger partial charge in [-0.25, -0.2) is 17.2 Å². The molecule has 4 rings (SSSR count). The molecule has 1 aromatic heterocycles. The molecule has 0 amide bonds. The van der Waals surface area contributed by atoms with Crippen LogP contribution < -0.4 is 0 Å². The molecular weight excluding hydrogens is 476 g/mol. The number of benzene rings is 2. The predicted molar refractivity (Wildman–Crippen MR) is 114 cm³/mol. The van der Waals surface area contributed by atoms with Crippen LogP contribution in [0.1, 0.15) is 31.2 Å². The quantitative estimate of drug-likeness (QED) is 0.448. The van der Waals surface area contributed by atoms with Gasteiger partial charge in [-0.1, -0.05) is 47.3 Å². The topological polar surface area (TPSA) is 56.1 Å². The molecule has 2 aromatic carbocycles. The Labute approximate surface area is 181 Å². The first-order valence-corrected chi connectivity index (χ1v) is 12.1. The summed E-state index contributed by atoms with van der Waals surface area (Å²) in [6.45, 7) is 0.227. The van der Waals surface area contributed by atoms with Crippen molar-refractivity contribution in [2.24, 2.45) is 5.92 Å². The van der Waals surface area contributed by atoms with Gasteiger partial charge in [-0.2, -0.15) is 0 Å². The zero-order valence-electron chi connectivity index (χ0n) is 16.1. The molecule has 0 radical (unpaired) electrons. The number of carbonyl (C=O) groups is 1. The van der Waals surface area contributed by atoms with Crippen molar-refractivity contribution in [1.82, 2.24) is 4.57 Å². The van der Waals surface area contributed by atoms with Gasteiger partial charge in [0.25, 0.3) is 0 Å². The third-order valence-corrected chi connectivity index (χ3v) is 7.71. The lowest BCUT2D eigenvalue weighted by molar-refractivity contribution is -0.118. The number of Topliss-reactive ketones (excluding diaryl/α,β-unsaturated/α-hetero) is 1. The van der Waals surface area contributed by atoms with E-state index in [1.807, 2.05) is 24.3 Å². The Morgan fingerprint density at radius 3 is 2.60 bits per heavy atom. The van der Waals surface area contributed by atoms with Gasteiger partial charge in [0.05, 0.1) is 15.8 Å². The van der Waals surface area contributed by atoms with Crippen molar-refractivity contribution in [1.29, 1.82) is 0 Å². The molecule has 1 aliphatic carbocycles. The first-order valence-electron chi connectivity index (χ1n) is 9.70. The first kappa shape index (κ1) is 21.2. The molecule has 1 saturated carbocycles. The molecule has 0 atom stereocenters. The normalized spacial score (nSPS) is 14.8. The second kappa shape index (κ2) is 8.23. The summed E-state index contributed by atoms with van der Waals surface area (Å²) in [5.74, 6) is -2.54. The Morgan fingerprint density at radius 2 is 1.93 bits per heavy atom. The lowest BCUT2D eigenvalue weighted by Gasteiger charge is -2.24. The van der Waals surface area contributed by atoms with Gasteiger partial charge in [-0.15, -0.1) is 0 Å². The zero-order valence-corrected chi connectivity index (χ0v) is 18.5. The summed E-state index contributed by atoms with van der Waals surface area (Å²) in [5.41, 5.74) is 0.966. The van der Waals surface area contributed by atoms with E-state index in [-0.39, 0.29) is 40.5 Å². The van der Waals surface area contributed by atoms with Crippen LogP contribution in [0.3, 0.4) is 0 Å². The first-order chi connectivity index (χ1) is 14.2. The maximum Gasteiger partial charge on any atom is 0.187 e. The largest absolute Gasteiger partial charge is 0.342 e. The standard InChI is InChI=1S/C22H20BrF2NO3S/c23-16-6-2-5-15(7-16)11-26-12-21(22-19(25)9-17(24)10-20(22)26)30(28,29)13-18(27)8-14-3-1-4-14/h2,5-7,9-10,12,14H,1,3-4,8,11,13H2. The van der Waals surface area contributed by atoms with Crippen LogP contribution in [0.2, 0.25) is 0 Å². The number of halogens is 3. The molecule has 0 N–H and O–H groups in total. The summed E-state index contributed by atoms with van der Waals surface area (Å²) in [6.07, 6.45) is 4.47. The molecule has 0 bridgehead atoms. The highest BCUT2D eigenvalue weighted by Crippen LogP contribution is 2.32. The summed E-state index contributed by atoms with van der Waals surface area (Å²) in [6, 6.07) is 9.14. The minimum Gasteiger partial charge on any atom is -0.342 e. The van der Waals surface area contributed by atoms with Gasteiger partial charge in [-0.05, 0) is 29.7 Å². The Kier molecular flexibility index (Phi) is 5.81. The van der Waals surface area contributed by atoms with E-state index in [4.69, 9.17) is 0 Å². The van der Waals surface area contributed by atoms with Crippen LogP contribution in [-0.2, 0) is 21.2 Å². The average molecular weight is 496 g/mol. The van der Waals surface area contributed by atoms with Crippen LogP contribution in [0.5, 0.6) is 0 Å². The Morgan fingerprint density at radius 1 is 1.17 bits per heavy atom. The molecule has 0 spiro atoms. The van der Waals surface area contributed by atoms with Crippen LogP contribution in [0, 0.1) is 17.6 Å². The fraction of sp³-hybridized carbons (Fsp3) is 0.318. The van der Waals surface area contributed by atoms with Crippen LogP contribution in [0.25, 0.3) is 10.9 Å². The van der Waals surface area contributed by atoms with Crippen LogP contribution in [-0.4, -0.2) is 24.5 Å². The van der Waals surface area contributed by atoms with E-state index in [9.17, 15) is 22.0 Å². The lowest BCUT2D eigenvalue weighted by atomic mass is 9.82. The fourth-order valence-electron chi connectivity index (χ4n) is 3.87. The van der Waals surface area contributed by atoms with Gasteiger partial charge >= 0.3 is 0 Å². The van der Waals surface area contributed by atoms with E-state index in [0.29, 0.717) is 6.07 Å². The number of sulfone groups is 1. The molecule has 30 heavy (non-hydrogen) atoms. The Balaban J connectivity index is 1.74. The second-order valence-corrected chi connectivity index (χ2v) is 10.7. The van der Waals surface area contributed by atoms with Gasteiger partial charge < -0.3 is 4.57 Å². The molecule has 1 heterocycles. The van der Waals surface area contributed by atoms with Crippen molar-refractivity contribution in [3.05, 3.63) is 64.3 Å². The average Bonchev–Trinajstić information content (AvgIpc) is 2.97. The van der Waals surface area contributed by atoms with Crippen molar-refractivity contribution in [3.8, 4) is 0 Å². The molecule has 0 unspecified atom stereocenters. The third-order valence-electron chi connectivity index (χ3n) is 5.53. The number of hydrogen-bond acceptors (Lipinski definition) is 3. The van der Waals surface area contributed by atoms with Crippen molar-refractivity contribution in [3.63, 3.8) is 0 Å². The van der Waals surface area contributed by atoms with Gasteiger partial charge in [0.2, 0.25) is 0 Å². The fourth-order valence-corrected chi connectivity index (χ4v) is 5.82. The summed E-state index contributed by atoms with van der Waals surface area (Å²) in [7, 11) is -4.07. The molecule has 0 saturated heterocycles. The van der Waals surface area contributed by atoms with Crippen molar-refractivity contribution in [2.45, 2.75) is 37.1 Å². The summed E-state index contributed by atoms with van der Waals surface area (Å²) in [5, 5.41) is -0.178. The summed E-state index contributed by atoms with van der Waals surface area (Å²) < 4.78 is 56.9. The maximum atomic E-state index is 14.7. The highest BCUT2D eigenvalue weighted by Gasteiger charge is 2.29. The van der Waals surface area contributed by atoms with E-state index >= 15 is 0 Å². The molecule has 1 fully saturated rings. The van der Waals surface area contributed by atoms with Crippen LogP contribution in [0.15, 0.2) is 52.0 Å². The molecule has 8 heteroatoms. The van der Waals surface area contributed by atoms with E-state index < -0.39 is 27.2 Å². The lowest BCUT2D eigenvalue weighted by Crippen LogP contribution is -2.22. The highest BCUT2D eigenvalue weighted by atomic mass is 79.9. The van der Waals surface area contributed by atoms with Crippen molar-refractivity contribution < 1.29 is 22.0 Å². The van der Waals surface area contributed by atoms with Crippen molar-refractivity contribution >= 4 is 42.5 Å². The Hall–Kier alpha value is -2.06. The minimum absolute atomic E-state index is 0.137. The van der Waals surface area contributed by atoms with Crippen molar-refractivity contribution in [2.75, 3.05) is 5.75 Å². The third kappa shape index (κ3) is 4.34. The molecule has 4 nitrogen and oxygen atoms in total. The molecule has 158 valence electrons. The second-order valence-electron chi connectivity index (χ2n) is 7.83. The monoisotopic (exact) mass is 495 g/mol. The molecular formula is C22H20BrF2NO3S. The SMILES string of the molecule is O=C(CC1CCC1)CS(=O)(=O)c1cn(Cc2cccc(Br)c2)c2cc(F)cc(F)c12. The van der Waals surface area contributed by atoms with Gasteiger partial charge in [0.1, 0.15) is 23.2 Å². The highest BCUT2D eigenvalue weighted by molar-refractivity contribution is 9.10. The van der Waals surface area contributed by atoms with E-state index in [1.54, 1.807) is 0 Å². The van der Waals surface area contributed by atoms with Crippen LogP contribution >= 0.6 is 15.9 Å². The van der Waals surface area contributed by atoms with E-state index in [2.05, 4.69) is 15.9 Å². The number of nitrogens with zero attached hydrogens (tertiary/aromatic N) is 1. The number of fused-ring (bicyclic) bond motifs is 1. The number of hydrogen-bond donors (Lipinski definition) is 0. The Bertz CT molecular complexity index is 1230. The number of rotatable bonds is 7. The molecule has 0 aliphatic heterocycles. The summed E-state index contributed by atoms with van der Waals surface area (Å²) in [4.78, 5) is 12.0. The predicted octanol–water partition coefficient (Wildman–Crippen LogP) is 5.26. The smallest absolute Gasteiger partial charge is 0.187 e. The maximum absolute atomic E-state index is 14.7. The molecule has 3 aromatic rings. The van der Waals surface area contributed by atoms with Gasteiger partial charge in [0.15, 0.2) is 9.84 Å². The van der Waals surface area contributed by atoms with Gasteiger partial charge in [-0.3, -0.25) is 4.79 Å². The molecule has 1 aliphatic rings. The van der Waals surface area contributed by atoms with Gasteiger partial charge in [0, 0.05) is 29.7 Å². The van der Waals surface area contributed by atoms with E-state index in [0.717, 1.165) is 35.4 Å². The van der Waals surface area contributed by atoms with Crippen LogP contribution in [0.4, 0.5) is 8.78 Å². The number of carbonyl (C=O) groups excluding carboxylic acids is 1. The number of aromatic nitrogens is 1. The minimum atomic E-state index is -4.07. The summed E-state index contributed by atoms with van der Waals surface area (Å²) >= 11 is 3.38. The number of ketones is 1.